The topological polar surface area (TPSA) is 34.1 Å². The minimum atomic E-state index is 0.214. The van der Waals surface area contributed by atoms with E-state index >= 15 is 0 Å². The average Bonchev–Trinajstić information content (AvgIpc) is 2.50. The molecule has 0 amide bonds. The molecule has 0 bridgehead atoms. The van der Waals surface area contributed by atoms with Crippen molar-refractivity contribution in [3.63, 3.8) is 0 Å². The second-order valence-electron chi connectivity index (χ2n) is 3.67. The summed E-state index contributed by atoms with van der Waals surface area (Å²) >= 11 is 0. The van der Waals surface area contributed by atoms with E-state index in [2.05, 4.69) is 0 Å². The van der Waals surface area contributed by atoms with E-state index in [0.29, 0.717) is 18.8 Å². The van der Waals surface area contributed by atoms with Gasteiger partial charge in [0, 0.05) is 12.8 Å². The highest BCUT2D eigenvalue weighted by atomic mass is 16.1. The fourth-order valence-electron chi connectivity index (χ4n) is 1.78. The number of rotatable bonds is 4. The van der Waals surface area contributed by atoms with Gasteiger partial charge in [0.25, 0.3) is 0 Å². The Labute approximate surface area is 79.0 Å². The van der Waals surface area contributed by atoms with E-state index in [4.69, 9.17) is 0 Å². The van der Waals surface area contributed by atoms with E-state index in [1.165, 1.54) is 0 Å². The quantitative estimate of drug-likeness (QED) is 0.665. The Morgan fingerprint density at radius 3 is 2.77 bits per heavy atom. The zero-order valence-electron chi connectivity index (χ0n) is 8.30. The highest BCUT2D eigenvalue weighted by Crippen LogP contribution is 2.27. The lowest BCUT2D eigenvalue weighted by molar-refractivity contribution is -0.117. The van der Waals surface area contributed by atoms with Gasteiger partial charge in [-0.2, -0.15) is 0 Å². The lowest BCUT2D eigenvalue weighted by Crippen LogP contribution is -1.99. The molecule has 1 aliphatic carbocycles. The Balaban J connectivity index is 2.53. The molecule has 1 aliphatic rings. The maximum atomic E-state index is 11.3. The van der Waals surface area contributed by atoms with Crippen LogP contribution in [0.5, 0.6) is 0 Å². The van der Waals surface area contributed by atoms with Crippen molar-refractivity contribution in [2.75, 3.05) is 0 Å². The molecule has 2 heteroatoms. The SMILES string of the molecule is CCC(=O)C1=CC(CC(C)=O)CC1. The van der Waals surface area contributed by atoms with Gasteiger partial charge in [0.15, 0.2) is 5.78 Å². The highest BCUT2D eigenvalue weighted by Gasteiger charge is 2.20. The maximum Gasteiger partial charge on any atom is 0.158 e. The van der Waals surface area contributed by atoms with Crippen LogP contribution in [0.25, 0.3) is 0 Å². The van der Waals surface area contributed by atoms with Crippen LogP contribution in [-0.4, -0.2) is 11.6 Å². The first-order chi connectivity index (χ1) is 6.13. The van der Waals surface area contributed by atoms with Crippen molar-refractivity contribution in [1.29, 1.82) is 0 Å². The van der Waals surface area contributed by atoms with Crippen LogP contribution in [0.3, 0.4) is 0 Å². The molecular formula is C11H16O2. The number of Topliss-reactive ketones (excluding diaryl/α,β-unsaturated/α-hetero) is 2. The summed E-state index contributed by atoms with van der Waals surface area (Å²) in [4.78, 5) is 22.1. The Morgan fingerprint density at radius 1 is 1.54 bits per heavy atom. The zero-order valence-corrected chi connectivity index (χ0v) is 8.30. The average molecular weight is 180 g/mol. The molecule has 0 saturated heterocycles. The molecule has 0 radical (unpaired) electrons. The molecule has 0 aliphatic heterocycles. The van der Waals surface area contributed by atoms with E-state index < -0.39 is 0 Å². The Morgan fingerprint density at radius 2 is 2.23 bits per heavy atom. The van der Waals surface area contributed by atoms with Crippen LogP contribution in [0.2, 0.25) is 0 Å². The van der Waals surface area contributed by atoms with Gasteiger partial charge in [-0.3, -0.25) is 4.79 Å². The van der Waals surface area contributed by atoms with E-state index in [9.17, 15) is 9.59 Å². The molecule has 0 aromatic heterocycles. The minimum absolute atomic E-state index is 0.214. The predicted octanol–water partition coefficient (Wildman–Crippen LogP) is 2.28. The molecule has 2 nitrogen and oxygen atoms in total. The van der Waals surface area contributed by atoms with Crippen LogP contribution < -0.4 is 0 Å². The Kier molecular flexibility index (Phi) is 3.40. The number of ketones is 2. The molecule has 13 heavy (non-hydrogen) atoms. The molecule has 0 fully saturated rings. The fraction of sp³-hybridized carbons (Fsp3) is 0.636. The van der Waals surface area contributed by atoms with E-state index in [1.54, 1.807) is 6.92 Å². The van der Waals surface area contributed by atoms with Gasteiger partial charge in [-0.05, 0) is 31.3 Å². The van der Waals surface area contributed by atoms with Gasteiger partial charge < -0.3 is 4.79 Å². The molecule has 1 atom stereocenters. The van der Waals surface area contributed by atoms with E-state index in [1.807, 2.05) is 13.0 Å². The Bertz CT molecular complexity index is 251. The molecule has 0 aromatic rings. The summed E-state index contributed by atoms with van der Waals surface area (Å²) < 4.78 is 0. The molecule has 1 unspecified atom stereocenters. The predicted molar refractivity (Wildman–Crippen MR) is 51.4 cm³/mol. The first-order valence-corrected chi connectivity index (χ1v) is 4.86. The van der Waals surface area contributed by atoms with Crippen LogP contribution in [0.1, 0.15) is 39.5 Å². The summed E-state index contributed by atoms with van der Waals surface area (Å²) in [5.74, 6) is 0.778. The van der Waals surface area contributed by atoms with E-state index in [0.717, 1.165) is 18.4 Å². The first-order valence-electron chi connectivity index (χ1n) is 4.86. The summed E-state index contributed by atoms with van der Waals surface area (Å²) in [6.07, 6.45) is 5.01. The van der Waals surface area contributed by atoms with Gasteiger partial charge in [0.05, 0.1) is 0 Å². The third-order valence-corrected chi connectivity index (χ3v) is 2.45. The number of allylic oxidation sites excluding steroid dienone is 2. The smallest absolute Gasteiger partial charge is 0.158 e. The number of hydrogen-bond donors (Lipinski definition) is 0. The lowest BCUT2D eigenvalue weighted by atomic mass is 10.0. The van der Waals surface area contributed by atoms with Gasteiger partial charge in [-0.1, -0.05) is 13.0 Å². The van der Waals surface area contributed by atoms with Crippen LogP contribution in [0, 0.1) is 5.92 Å². The van der Waals surface area contributed by atoms with Gasteiger partial charge in [-0.15, -0.1) is 0 Å². The molecule has 0 N–H and O–H groups in total. The molecular weight excluding hydrogens is 164 g/mol. The van der Waals surface area contributed by atoms with Crippen LogP contribution in [0.15, 0.2) is 11.6 Å². The first kappa shape index (κ1) is 10.2. The maximum absolute atomic E-state index is 11.3. The van der Waals surface area contributed by atoms with Gasteiger partial charge >= 0.3 is 0 Å². The van der Waals surface area contributed by atoms with Crippen molar-refractivity contribution in [1.82, 2.24) is 0 Å². The largest absolute Gasteiger partial charge is 0.300 e. The van der Waals surface area contributed by atoms with Crippen LogP contribution in [0.4, 0.5) is 0 Å². The molecule has 1 rings (SSSR count). The van der Waals surface area contributed by atoms with Crippen molar-refractivity contribution in [2.45, 2.75) is 39.5 Å². The summed E-state index contributed by atoms with van der Waals surface area (Å²) in [5, 5.41) is 0. The highest BCUT2D eigenvalue weighted by molar-refractivity contribution is 5.95. The van der Waals surface area contributed by atoms with Crippen LogP contribution >= 0.6 is 0 Å². The molecule has 0 saturated carbocycles. The molecule has 0 heterocycles. The second kappa shape index (κ2) is 4.35. The van der Waals surface area contributed by atoms with Crippen molar-refractivity contribution < 1.29 is 9.59 Å². The minimum Gasteiger partial charge on any atom is -0.300 e. The second-order valence-corrected chi connectivity index (χ2v) is 3.67. The molecule has 0 aromatic carbocycles. The standard InChI is InChI=1S/C11H16O2/c1-3-11(13)10-5-4-9(7-10)6-8(2)12/h7,9H,3-6H2,1-2H3. The summed E-state index contributed by atoms with van der Waals surface area (Å²) in [6.45, 7) is 3.48. The third kappa shape index (κ3) is 2.79. The number of hydrogen-bond acceptors (Lipinski definition) is 2. The van der Waals surface area contributed by atoms with E-state index in [-0.39, 0.29) is 11.6 Å². The number of carbonyl (C=O) groups excluding carboxylic acids is 2. The van der Waals surface area contributed by atoms with Crippen molar-refractivity contribution in [2.24, 2.45) is 5.92 Å². The van der Waals surface area contributed by atoms with Crippen molar-refractivity contribution >= 4 is 11.6 Å². The zero-order chi connectivity index (χ0) is 9.84. The molecule has 72 valence electrons. The summed E-state index contributed by atoms with van der Waals surface area (Å²) in [6, 6.07) is 0. The van der Waals surface area contributed by atoms with Gasteiger partial charge in [-0.25, -0.2) is 0 Å². The monoisotopic (exact) mass is 180 g/mol. The van der Waals surface area contributed by atoms with Gasteiger partial charge in [0.1, 0.15) is 5.78 Å². The van der Waals surface area contributed by atoms with Crippen molar-refractivity contribution in [3.05, 3.63) is 11.6 Å². The normalized spacial score (nSPS) is 21.4. The van der Waals surface area contributed by atoms with Crippen LogP contribution in [-0.2, 0) is 9.59 Å². The number of carbonyl (C=O) groups is 2. The van der Waals surface area contributed by atoms with Gasteiger partial charge in [0.2, 0.25) is 0 Å². The third-order valence-electron chi connectivity index (χ3n) is 2.45. The summed E-state index contributed by atoms with van der Waals surface area (Å²) in [5.41, 5.74) is 0.939. The van der Waals surface area contributed by atoms with Crippen molar-refractivity contribution in [3.8, 4) is 0 Å². The lowest BCUT2D eigenvalue weighted by Gasteiger charge is -2.00. The summed E-state index contributed by atoms with van der Waals surface area (Å²) in [7, 11) is 0. The fourth-order valence-corrected chi connectivity index (χ4v) is 1.78. The molecule has 0 spiro atoms. The Hall–Kier alpha value is -0.920.